The van der Waals surface area contributed by atoms with Crippen LogP contribution < -0.4 is 15.4 Å². The van der Waals surface area contributed by atoms with Crippen LogP contribution in [-0.2, 0) is 7.05 Å². The number of amides is 1. The monoisotopic (exact) mass is 410 g/mol. The average molecular weight is 410 g/mol. The Balaban J connectivity index is 1.61. The number of rotatable bonds is 6. The molecular weight excluding hydrogens is 384 g/mol. The Morgan fingerprint density at radius 3 is 2.90 bits per heavy atom. The van der Waals surface area contributed by atoms with Crippen molar-refractivity contribution < 1.29 is 14.1 Å². The van der Waals surface area contributed by atoms with Gasteiger partial charge in [0.2, 0.25) is 5.82 Å². The number of hydrogen-bond donors (Lipinski definition) is 2. The SMILES string of the molecule is Cc1noc(C)c1-c1cc(NC(=O)c2ncnn2C)ccc1OC[C@H]1CCCCN1. The van der Waals surface area contributed by atoms with Crippen molar-refractivity contribution in [2.24, 2.45) is 7.05 Å². The summed E-state index contributed by atoms with van der Waals surface area (Å²) in [6, 6.07) is 5.91. The lowest BCUT2D eigenvalue weighted by molar-refractivity contribution is 0.101. The summed E-state index contributed by atoms with van der Waals surface area (Å²) in [5.74, 6) is 1.33. The van der Waals surface area contributed by atoms with Crippen LogP contribution in [0.2, 0.25) is 0 Å². The van der Waals surface area contributed by atoms with E-state index in [4.69, 9.17) is 9.26 Å². The minimum atomic E-state index is -0.334. The topological polar surface area (TPSA) is 107 Å². The van der Waals surface area contributed by atoms with Crippen LogP contribution in [0.3, 0.4) is 0 Å². The minimum absolute atomic E-state index is 0.234. The Morgan fingerprint density at radius 2 is 2.23 bits per heavy atom. The summed E-state index contributed by atoms with van der Waals surface area (Å²) >= 11 is 0. The van der Waals surface area contributed by atoms with E-state index in [2.05, 4.69) is 25.9 Å². The molecule has 1 amide bonds. The van der Waals surface area contributed by atoms with Gasteiger partial charge in [0.1, 0.15) is 24.4 Å². The van der Waals surface area contributed by atoms with Crippen molar-refractivity contribution >= 4 is 11.6 Å². The second-order valence-electron chi connectivity index (χ2n) is 7.53. The number of nitrogens with one attached hydrogen (secondary N) is 2. The Kier molecular flexibility index (Phi) is 5.80. The molecule has 0 bridgehead atoms. The number of piperidine rings is 1. The fraction of sp³-hybridized carbons (Fsp3) is 0.429. The Hall–Kier alpha value is -3.20. The summed E-state index contributed by atoms with van der Waals surface area (Å²) in [6.45, 7) is 5.37. The summed E-state index contributed by atoms with van der Waals surface area (Å²) in [7, 11) is 1.67. The first-order valence-corrected chi connectivity index (χ1v) is 10.1. The standard InChI is InChI=1S/C21H26N6O3/c1-13-19(14(2)30-26-13)17-10-15(25-21(28)20-23-12-24-27(20)3)7-8-18(17)29-11-16-6-4-5-9-22-16/h7-8,10,12,16,22H,4-6,9,11H2,1-3H3,(H,25,28)/t16-/m1/s1. The Morgan fingerprint density at radius 1 is 1.37 bits per heavy atom. The number of aryl methyl sites for hydroxylation is 3. The van der Waals surface area contributed by atoms with Crippen LogP contribution in [0, 0.1) is 13.8 Å². The average Bonchev–Trinajstić information content (AvgIpc) is 3.32. The molecule has 1 aromatic carbocycles. The van der Waals surface area contributed by atoms with Gasteiger partial charge in [-0.3, -0.25) is 4.79 Å². The van der Waals surface area contributed by atoms with E-state index in [1.807, 2.05) is 32.0 Å². The molecule has 1 saturated heterocycles. The number of hydrogen-bond acceptors (Lipinski definition) is 7. The van der Waals surface area contributed by atoms with E-state index in [0.29, 0.717) is 24.1 Å². The van der Waals surface area contributed by atoms with Crippen molar-refractivity contribution in [3.05, 3.63) is 41.8 Å². The third-order valence-corrected chi connectivity index (χ3v) is 5.31. The summed E-state index contributed by atoms with van der Waals surface area (Å²) in [5, 5.41) is 14.4. The maximum atomic E-state index is 12.5. The van der Waals surface area contributed by atoms with Crippen LogP contribution >= 0.6 is 0 Å². The van der Waals surface area contributed by atoms with E-state index >= 15 is 0 Å². The molecule has 3 heterocycles. The first-order valence-electron chi connectivity index (χ1n) is 10.1. The van der Waals surface area contributed by atoms with Crippen LogP contribution in [0.4, 0.5) is 5.69 Å². The Labute approximate surface area is 174 Å². The first kappa shape index (κ1) is 20.1. The number of anilines is 1. The number of nitrogens with zero attached hydrogens (tertiary/aromatic N) is 4. The lowest BCUT2D eigenvalue weighted by atomic mass is 10.0. The number of ether oxygens (including phenoxy) is 1. The highest BCUT2D eigenvalue weighted by molar-refractivity contribution is 6.02. The van der Waals surface area contributed by atoms with Gasteiger partial charge in [0.05, 0.1) is 11.3 Å². The fourth-order valence-corrected chi connectivity index (χ4v) is 3.74. The van der Waals surface area contributed by atoms with Gasteiger partial charge in [-0.25, -0.2) is 9.67 Å². The van der Waals surface area contributed by atoms with Gasteiger partial charge < -0.3 is 19.9 Å². The largest absolute Gasteiger partial charge is 0.491 e. The minimum Gasteiger partial charge on any atom is -0.491 e. The first-order chi connectivity index (χ1) is 14.5. The third kappa shape index (κ3) is 4.20. The molecule has 1 aliphatic rings. The lowest BCUT2D eigenvalue weighted by Gasteiger charge is -2.24. The van der Waals surface area contributed by atoms with Crippen LogP contribution in [0.25, 0.3) is 11.1 Å². The van der Waals surface area contributed by atoms with Gasteiger partial charge in [-0.15, -0.1) is 0 Å². The predicted molar refractivity (Wildman–Crippen MR) is 112 cm³/mol. The predicted octanol–water partition coefficient (Wildman–Crippen LogP) is 2.86. The van der Waals surface area contributed by atoms with Gasteiger partial charge in [0, 0.05) is 24.3 Å². The smallest absolute Gasteiger partial charge is 0.293 e. The highest BCUT2D eigenvalue weighted by atomic mass is 16.5. The molecule has 2 aromatic heterocycles. The molecule has 1 aliphatic heterocycles. The van der Waals surface area contributed by atoms with Crippen molar-refractivity contribution in [1.29, 1.82) is 0 Å². The van der Waals surface area contributed by atoms with Crippen molar-refractivity contribution in [2.45, 2.75) is 39.2 Å². The van der Waals surface area contributed by atoms with Crippen LogP contribution in [0.15, 0.2) is 29.0 Å². The number of aromatic nitrogens is 4. The molecule has 1 atom stereocenters. The van der Waals surface area contributed by atoms with E-state index in [-0.39, 0.29) is 11.7 Å². The van der Waals surface area contributed by atoms with E-state index in [9.17, 15) is 4.79 Å². The molecule has 2 N–H and O–H groups in total. The van der Waals surface area contributed by atoms with Gasteiger partial charge >= 0.3 is 0 Å². The molecule has 0 spiro atoms. The zero-order valence-electron chi connectivity index (χ0n) is 17.4. The molecule has 30 heavy (non-hydrogen) atoms. The van der Waals surface area contributed by atoms with Crippen molar-refractivity contribution in [1.82, 2.24) is 25.2 Å². The molecule has 0 aliphatic carbocycles. The zero-order chi connectivity index (χ0) is 21.1. The summed E-state index contributed by atoms with van der Waals surface area (Å²) in [5.41, 5.74) is 3.10. The normalized spacial score (nSPS) is 16.4. The summed E-state index contributed by atoms with van der Waals surface area (Å²) in [4.78, 5) is 16.5. The maximum absolute atomic E-state index is 12.5. The molecule has 158 valence electrons. The van der Waals surface area contributed by atoms with Crippen molar-refractivity contribution in [3.63, 3.8) is 0 Å². The highest BCUT2D eigenvalue weighted by Crippen LogP contribution is 2.37. The fourth-order valence-electron chi connectivity index (χ4n) is 3.74. The van der Waals surface area contributed by atoms with Crippen LogP contribution in [-0.4, -0.2) is 45.0 Å². The second kappa shape index (κ2) is 8.66. The molecule has 0 saturated carbocycles. The number of benzene rings is 1. The van der Waals surface area contributed by atoms with Crippen LogP contribution in [0.1, 0.15) is 41.3 Å². The molecule has 9 nitrogen and oxygen atoms in total. The highest BCUT2D eigenvalue weighted by Gasteiger charge is 2.20. The summed E-state index contributed by atoms with van der Waals surface area (Å²) < 4.78 is 13.0. The molecule has 3 aromatic rings. The molecular formula is C21H26N6O3. The van der Waals surface area contributed by atoms with E-state index in [1.165, 1.54) is 23.9 Å². The number of carbonyl (C=O) groups is 1. The molecule has 0 radical (unpaired) electrons. The number of carbonyl (C=O) groups excluding carboxylic acids is 1. The van der Waals surface area contributed by atoms with Crippen molar-refractivity contribution in [2.75, 3.05) is 18.5 Å². The summed E-state index contributed by atoms with van der Waals surface area (Å²) in [6.07, 6.45) is 4.87. The van der Waals surface area contributed by atoms with Crippen molar-refractivity contribution in [3.8, 4) is 16.9 Å². The van der Waals surface area contributed by atoms with Gasteiger partial charge in [-0.05, 0) is 51.4 Å². The molecule has 9 heteroatoms. The zero-order valence-corrected chi connectivity index (χ0v) is 17.4. The second-order valence-corrected chi connectivity index (χ2v) is 7.53. The molecule has 4 rings (SSSR count). The van der Waals surface area contributed by atoms with E-state index in [1.54, 1.807) is 7.05 Å². The Bertz CT molecular complexity index is 1020. The quantitative estimate of drug-likeness (QED) is 0.643. The van der Waals surface area contributed by atoms with Gasteiger partial charge in [-0.2, -0.15) is 5.10 Å². The van der Waals surface area contributed by atoms with Gasteiger partial charge in [-0.1, -0.05) is 11.6 Å². The molecule has 1 fully saturated rings. The lowest BCUT2D eigenvalue weighted by Crippen LogP contribution is -2.38. The van der Waals surface area contributed by atoms with Crippen LogP contribution in [0.5, 0.6) is 5.75 Å². The van der Waals surface area contributed by atoms with E-state index < -0.39 is 0 Å². The van der Waals surface area contributed by atoms with Gasteiger partial charge in [0.15, 0.2) is 0 Å². The third-order valence-electron chi connectivity index (χ3n) is 5.31. The van der Waals surface area contributed by atoms with E-state index in [0.717, 1.165) is 35.5 Å². The molecule has 0 unspecified atom stereocenters. The van der Waals surface area contributed by atoms with Gasteiger partial charge in [0.25, 0.3) is 5.91 Å². The maximum Gasteiger partial charge on any atom is 0.293 e.